The van der Waals surface area contributed by atoms with Crippen LogP contribution >= 0.6 is 0 Å². The van der Waals surface area contributed by atoms with Crippen LogP contribution in [0.3, 0.4) is 0 Å². The zero-order chi connectivity index (χ0) is 17.0. The number of nitrogens with one attached hydrogen (secondary N) is 3. The van der Waals surface area contributed by atoms with Crippen molar-refractivity contribution in [2.45, 2.75) is 24.4 Å². The zero-order valence-corrected chi connectivity index (χ0v) is 11.6. The van der Waals surface area contributed by atoms with Gasteiger partial charge in [-0.2, -0.15) is 5.26 Å². The molecule has 0 spiro atoms. The number of aliphatic imine (C=N–C) groups is 1. The molecule has 1 aliphatic heterocycles. The van der Waals surface area contributed by atoms with Crippen LogP contribution < -0.4 is 10.8 Å². The highest BCUT2D eigenvalue weighted by Crippen LogP contribution is 2.43. The van der Waals surface area contributed by atoms with Crippen molar-refractivity contribution in [3.05, 3.63) is 0 Å². The van der Waals surface area contributed by atoms with Gasteiger partial charge in [-0.1, -0.05) is 6.92 Å². The van der Waals surface area contributed by atoms with Crippen LogP contribution in [0, 0.1) is 22.7 Å². The normalized spacial score (nSPS) is 34.8. The number of guanidine groups is 1. The van der Waals surface area contributed by atoms with Crippen LogP contribution in [0.2, 0.25) is 0 Å². The summed E-state index contributed by atoms with van der Waals surface area (Å²) >= 11 is 0. The molecule has 0 aromatic rings. The van der Waals surface area contributed by atoms with Crippen LogP contribution in [0.25, 0.3) is 0 Å². The average Bonchev–Trinajstić information content (AvgIpc) is 2.76. The summed E-state index contributed by atoms with van der Waals surface area (Å²) in [5, 5.41) is 46.2. The molecule has 10 nitrogen and oxygen atoms in total. The molecule has 6 N–H and O–H groups in total. The molecular weight excluding hydrogens is 301 g/mol. The third kappa shape index (κ3) is 2.90. The smallest absolute Gasteiger partial charge is 0.268 e. The fourth-order valence-electron chi connectivity index (χ4n) is 2.08. The summed E-state index contributed by atoms with van der Waals surface area (Å²) in [4.78, 5) is 14.7. The summed E-state index contributed by atoms with van der Waals surface area (Å²) in [6.45, 7) is -0.844. The Kier molecular flexibility index (Phi) is 5.50. The van der Waals surface area contributed by atoms with Crippen LogP contribution in [-0.4, -0.2) is 64.2 Å². The molecule has 0 saturated carbocycles. The Bertz CT molecular complexity index is 517. The molecule has 1 aliphatic rings. The van der Waals surface area contributed by atoms with Crippen molar-refractivity contribution in [3.63, 3.8) is 0 Å². The summed E-state index contributed by atoms with van der Waals surface area (Å²) in [5.74, 6) is -2.68. The molecule has 0 unspecified atom stereocenters. The Labute approximate surface area is 124 Å². The van der Waals surface area contributed by atoms with Crippen LogP contribution in [0.1, 0.15) is 6.92 Å². The standard InChI is InChI=1S/C11H16FN5O5/c1-6-8(20)10(3-12,5-18)22-11(6,4-14)16-9(17-21)15-7(19)2-13/h2,6,8,13,18,20-21H,3,5H2,1H3,(H2,15,16,17,19)/t6-,8+,10-,11-/m1/s1. The first-order valence-electron chi connectivity index (χ1n) is 6.12. The summed E-state index contributed by atoms with van der Waals surface area (Å²) in [6.07, 6.45) is -1.16. The van der Waals surface area contributed by atoms with Crippen LogP contribution in [-0.2, 0) is 9.53 Å². The van der Waals surface area contributed by atoms with E-state index >= 15 is 0 Å². The number of hydroxylamine groups is 1. The molecule has 11 heteroatoms. The van der Waals surface area contributed by atoms with Crippen LogP contribution in [0.5, 0.6) is 0 Å². The number of aliphatic hydroxyl groups excluding tert-OH is 2. The molecular formula is C11H16FN5O5. The van der Waals surface area contributed by atoms with E-state index in [0.29, 0.717) is 6.21 Å². The number of carbonyl (C=O) groups excluding carboxylic acids is 1. The third-order valence-corrected chi connectivity index (χ3v) is 3.40. The molecule has 1 fully saturated rings. The summed E-state index contributed by atoms with van der Waals surface area (Å²) in [5.41, 5.74) is -2.70. The first-order valence-corrected chi connectivity index (χ1v) is 6.12. The first kappa shape index (κ1) is 17.9. The number of carbonyl (C=O) groups is 1. The van der Waals surface area contributed by atoms with Crippen molar-refractivity contribution in [2.24, 2.45) is 10.9 Å². The number of aliphatic hydroxyl groups is 2. The summed E-state index contributed by atoms with van der Waals surface area (Å²) in [6, 6.07) is 1.63. The van der Waals surface area contributed by atoms with Gasteiger partial charge in [0.25, 0.3) is 11.6 Å². The molecule has 4 atom stereocenters. The third-order valence-electron chi connectivity index (χ3n) is 3.40. The van der Waals surface area contributed by atoms with Gasteiger partial charge < -0.3 is 20.4 Å². The number of hydrogen-bond donors (Lipinski definition) is 6. The van der Waals surface area contributed by atoms with E-state index in [1.165, 1.54) is 12.4 Å². The highest BCUT2D eigenvalue weighted by Gasteiger charge is 2.62. The fraction of sp³-hybridized carbons (Fsp3) is 0.636. The Balaban J connectivity index is 3.25. The van der Waals surface area contributed by atoms with E-state index in [1.54, 1.807) is 6.07 Å². The number of nitrogens with zero attached hydrogens (tertiary/aromatic N) is 2. The number of hydrogen-bond acceptors (Lipinski definition) is 8. The SMILES string of the molecule is C[C@@H]1[C@H](O)[C@](CO)(CF)O[C@@]1(C#N)N=C(NO)NC(=O)C=N. The van der Waals surface area contributed by atoms with Gasteiger partial charge in [0.2, 0.25) is 5.96 Å². The van der Waals surface area contributed by atoms with Gasteiger partial charge in [-0.25, -0.2) is 14.9 Å². The molecule has 0 aromatic carbocycles. The van der Waals surface area contributed by atoms with E-state index in [0.717, 1.165) is 0 Å². The molecule has 1 rings (SSSR count). The average molecular weight is 317 g/mol. The number of rotatable bonds is 4. The lowest BCUT2D eigenvalue weighted by molar-refractivity contribution is -0.137. The second kappa shape index (κ2) is 6.75. The first-order chi connectivity index (χ1) is 10.3. The maximum Gasteiger partial charge on any atom is 0.268 e. The van der Waals surface area contributed by atoms with E-state index in [4.69, 9.17) is 15.4 Å². The van der Waals surface area contributed by atoms with E-state index in [-0.39, 0.29) is 0 Å². The van der Waals surface area contributed by atoms with E-state index in [2.05, 4.69) is 4.99 Å². The van der Waals surface area contributed by atoms with Gasteiger partial charge in [-0.15, -0.1) is 0 Å². The van der Waals surface area contributed by atoms with Gasteiger partial charge in [0, 0.05) is 5.92 Å². The minimum absolute atomic E-state index is 0.388. The van der Waals surface area contributed by atoms with E-state index in [1.807, 2.05) is 5.32 Å². The number of amides is 1. The highest BCUT2D eigenvalue weighted by molar-refractivity contribution is 6.28. The van der Waals surface area contributed by atoms with E-state index in [9.17, 15) is 24.7 Å². The van der Waals surface area contributed by atoms with Crippen molar-refractivity contribution in [1.82, 2.24) is 10.8 Å². The molecule has 122 valence electrons. The highest BCUT2D eigenvalue weighted by atomic mass is 19.1. The second-order valence-corrected chi connectivity index (χ2v) is 4.71. The lowest BCUT2D eigenvalue weighted by Crippen LogP contribution is -2.47. The van der Waals surface area contributed by atoms with Gasteiger partial charge in [0.15, 0.2) is 0 Å². The molecule has 0 bridgehead atoms. The Morgan fingerprint density at radius 2 is 2.32 bits per heavy atom. The monoisotopic (exact) mass is 317 g/mol. The number of ether oxygens (including phenoxy) is 1. The lowest BCUT2D eigenvalue weighted by atomic mass is 9.88. The van der Waals surface area contributed by atoms with Crippen LogP contribution in [0.15, 0.2) is 4.99 Å². The molecule has 0 aliphatic carbocycles. The molecule has 0 aromatic heterocycles. The molecule has 0 radical (unpaired) electrons. The van der Waals surface area contributed by atoms with Crippen LogP contribution in [0.4, 0.5) is 4.39 Å². The minimum atomic E-state index is -2.16. The number of halogens is 1. The summed E-state index contributed by atoms with van der Waals surface area (Å²) in [7, 11) is 0. The molecule has 22 heavy (non-hydrogen) atoms. The van der Waals surface area contributed by atoms with Crippen molar-refractivity contribution in [1.29, 1.82) is 10.7 Å². The second-order valence-electron chi connectivity index (χ2n) is 4.71. The topological polar surface area (TPSA) is 171 Å². The quantitative estimate of drug-likeness (QED) is 0.198. The molecule has 1 heterocycles. The van der Waals surface area contributed by atoms with Gasteiger partial charge >= 0.3 is 0 Å². The minimum Gasteiger partial charge on any atom is -0.393 e. The lowest BCUT2D eigenvalue weighted by Gasteiger charge is -2.27. The number of alkyl halides is 1. The van der Waals surface area contributed by atoms with Gasteiger partial charge in [0.1, 0.15) is 18.3 Å². The Morgan fingerprint density at radius 1 is 1.68 bits per heavy atom. The molecule has 1 amide bonds. The van der Waals surface area contributed by atoms with Crippen molar-refractivity contribution in [3.8, 4) is 6.07 Å². The fourth-order valence-corrected chi connectivity index (χ4v) is 2.08. The number of nitriles is 1. The summed E-state index contributed by atoms with van der Waals surface area (Å²) < 4.78 is 18.3. The Morgan fingerprint density at radius 3 is 2.68 bits per heavy atom. The maximum atomic E-state index is 13.2. The van der Waals surface area contributed by atoms with E-state index < -0.39 is 48.5 Å². The Hall–Kier alpha value is -2.13. The largest absolute Gasteiger partial charge is 0.393 e. The van der Waals surface area contributed by atoms with Gasteiger partial charge in [0.05, 0.1) is 18.9 Å². The van der Waals surface area contributed by atoms with Crippen molar-refractivity contribution in [2.75, 3.05) is 13.3 Å². The maximum absolute atomic E-state index is 13.2. The van der Waals surface area contributed by atoms with Crippen molar-refractivity contribution >= 4 is 18.1 Å². The zero-order valence-electron chi connectivity index (χ0n) is 11.6. The predicted octanol–water partition coefficient (Wildman–Crippen LogP) is -1.97. The van der Waals surface area contributed by atoms with Gasteiger partial charge in [-0.05, 0) is 0 Å². The van der Waals surface area contributed by atoms with Gasteiger partial charge in [-0.3, -0.25) is 15.3 Å². The van der Waals surface area contributed by atoms with Crippen molar-refractivity contribution < 1.29 is 29.3 Å². The predicted molar refractivity (Wildman–Crippen MR) is 69.7 cm³/mol. The molecule has 1 saturated heterocycles.